The fourth-order valence-electron chi connectivity index (χ4n) is 2.22. The molecule has 3 rings (SSSR count). The number of hydrogen-bond donors (Lipinski definition) is 1. The molecule has 0 bridgehead atoms. The molecule has 0 spiro atoms. The quantitative estimate of drug-likeness (QED) is 0.787. The summed E-state index contributed by atoms with van der Waals surface area (Å²) in [5.41, 5.74) is 3.08. The molecule has 112 valence electrons. The molecule has 0 aliphatic rings. The number of furan rings is 1. The highest BCUT2D eigenvalue weighted by atomic mass is 16.3. The highest BCUT2D eigenvalue weighted by Gasteiger charge is 2.11. The lowest BCUT2D eigenvalue weighted by molar-refractivity contribution is 0.0922. The smallest absolute Gasteiger partial charge is 0.287 e. The molecule has 0 aliphatic heterocycles. The predicted octanol–water partition coefficient (Wildman–Crippen LogP) is 2.76. The molecule has 1 amide bonds. The molecule has 22 heavy (non-hydrogen) atoms. The molecule has 0 saturated carbocycles. The maximum atomic E-state index is 12.0. The molecule has 5 nitrogen and oxygen atoms in total. The Labute approximate surface area is 128 Å². The van der Waals surface area contributed by atoms with Crippen LogP contribution in [0.3, 0.4) is 0 Å². The van der Waals surface area contributed by atoms with Crippen molar-refractivity contribution in [3.05, 3.63) is 77.8 Å². The zero-order valence-corrected chi connectivity index (χ0v) is 12.3. The molecule has 0 atom stereocenters. The number of nitrogens with zero attached hydrogens (tertiary/aromatic N) is 2. The van der Waals surface area contributed by atoms with E-state index in [0.29, 0.717) is 12.3 Å². The second-order valence-corrected chi connectivity index (χ2v) is 5.17. The molecule has 3 aromatic rings. The SMILES string of the molecule is Cc1ccoc1C(=O)NCc1ccc(Cn2ccnc2)cc1. The third-order valence-corrected chi connectivity index (χ3v) is 3.47. The van der Waals surface area contributed by atoms with Crippen molar-refractivity contribution >= 4 is 5.91 Å². The summed E-state index contributed by atoms with van der Waals surface area (Å²) >= 11 is 0. The highest BCUT2D eigenvalue weighted by molar-refractivity contribution is 5.92. The van der Waals surface area contributed by atoms with E-state index < -0.39 is 0 Å². The minimum Gasteiger partial charge on any atom is -0.459 e. The van der Waals surface area contributed by atoms with Crippen LogP contribution in [0.15, 0.2) is 59.7 Å². The van der Waals surface area contributed by atoms with E-state index in [1.807, 2.05) is 29.8 Å². The van der Waals surface area contributed by atoms with Gasteiger partial charge in [-0.2, -0.15) is 0 Å². The minimum absolute atomic E-state index is 0.190. The Kier molecular flexibility index (Phi) is 4.05. The summed E-state index contributed by atoms with van der Waals surface area (Å²) in [5.74, 6) is 0.182. The van der Waals surface area contributed by atoms with E-state index in [1.165, 1.54) is 11.8 Å². The van der Waals surface area contributed by atoms with Crippen LogP contribution in [0.4, 0.5) is 0 Å². The van der Waals surface area contributed by atoms with Gasteiger partial charge in [-0.05, 0) is 24.1 Å². The lowest BCUT2D eigenvalue weighted by Gasteiger charge is -2.06. The third kappa shape index (κ3) is 3.25. The lowest BCUT2D eigenvalue weighted by Crippen LogP contribution is -2.22. The van der Waals surface area contributed by atoms with Crippen LogP contribution in [0, 0.1) is 6.92 Å². The van der Waals surface area contributed by atoms with Crippen molar-refractivity contribution in [1.29, 1.82) is 0 Å². The first-order chi connectivity index (χ1) is 10.7. The van der Waals surface area contributed by atoms with Crippen molar-refractivity contribution in [2.24, 2.45) is 0 Å². The van der Waals surface area contributed by atoms with Crippen LogP contribution in [-0.2, 0) is 13.1 Å². The first kappa shape index (κ1) is 14.1. The van der Waals surface area contributed by atoms with E-state index in [0.717, 1.165) is 17.7 Å². The number of amides is 1. The Morgan fingerprint density at radius 3 is 2.64 bits per heavy atom. The summed E-state index contributed by atoms with van der Waals surface area (Å²) in [6, 6.07) is 9.92. The van der Waals surface area contributed by atoms with Gasteiger partial charge >= 0.3 is 0 Å². The molecule has 5 heteroatoms. The summed E-state index contributed by atoms with van der Waals surface area (Å²) in [6.07, 6.45) is 7.01. The largest absolute Gasteiger partial charge is 0.459 e. The topological polar surface area (TPSA) is 60.1 Å². The van der Waals surface area contributed by atoms with Gasteiger partial charge in [-0.3, -0.25) is 4.79 Å². The summed E-state index contributed by atoms with van der Waals surface area (Å²) < 4.78 is 7.18. The van der Waals surface area contributed by atoms with Gasteiger partial charge in [0, 0.05) is 31.0 Å². The number of imidazole rings is 1. The molecule has 2 heterocycles. The first-order valence-corrected chi connectivity index (χ1v) is 7.08. The average molecular weight is 295 g/mol. The van der Waals surface area contributed by atoms with Crippen molar-refractivity contribution < 1.29 is 9.21 Å². The standard InChI is InChI=1S/C17H17N3O2/c1-13-6-9-22-16(13)17(21)19-10-14-2-4-15(5-3-14)11-20-8-7-18-12-20/h2-9,12H,10-11H2,1H3,(H,19,21). The van der Waals surface area contributed by atoms with Crippen LogP contribution in [0.25, 0.3) is 0 Å². The maximum Gasteiger partial charge on any atom is 0.287 e. The van der Waals surface area contributed by atoms with E-state index in [9.17, 15) is 4.79 Å². The molecule has 0 unspecified atom stereocenters. The monoisotopic (exact) mass is 295 g/mol. The van der Waals surface area contributed by atoms with Crippen LogP contribution in [0.2, 0.25) is 0 Å². The van der Waals surface area contributed by atoms with Gasteiger partial charge in [-0.15, -0.1) is 0 Å². The Bertz CT molecular complexity index is 743. The van der Waals surface area contributed by atoms with Gasteiger partial charge in [0.25, 0.3) is 5.91 Å². The molecule has 0 radical (unpaired) electrons. The van der Waals surface area contributed by atoms with Crippen LogP contribution in [0.5, 0.6) is 0 Å². The van der Waals surface area contributed by atoms with E-state index in [1.54, 1.807) is 18.6 Å². The van der Waals surface area contributed by atoms with Gasteiger partial charge in [0.15, 0.2) is 5.76 Å². The maximum absolute atomic E-state index is 12.0. The summed E-state index contributed by atoms with van der Waals surface area (Å²) in [5, 5.41) is 2.86. The number of rotatable bonds is 5. The van der Waals surface area contributed by atoms with Gasteiger partial charge in [0.1, 0.15) is 0 Å². The van der Waals surface area contributed by atoms with Crippen molar-refractivity contribution in [1.82, 2.24) is 14.9 Å². The van der Waals surface area contributed by atoms with E-state index in [-0.39, 0.29) is 5.91 Å². The van der Waals surface area contributed by atoms with E-state index in [4.69, 9.17) is 4.42 Å². The number of aromatic nitrogens is 2. The van der Waals surface area contributed by atoms with Crippen LogP contribution >= 0.6 is 0 Å². The lowest BCUT2D eigenvalue weighted by atomic mass is 10.1. The second kappa shape index (κ2) is 6.30. The number of benzene rings is 1. The van der Waals surface area contributed by atoms with Gasteiger partial charge in [0.2, 0.25) is 0 Å². The molecular weight excluding hydrogens is 278 g/mol. The van der Waals surface area contributed by atoms with E-state index in [2.05, 4.69) is 22.4 Å². The first-order valence-electron chi connectivity index (χ1n) is 7.08. The predicted molar refractivity (Wildman–Crippen MR) is 82.4 cm³/mol. The average Bonchev–Trinajstić information content (AvgIpc) is 3.18. The highest BCUT2D eigenvalue weighted by Crippen LogP contribution is 2.10. The molecular formula is C17H17N3O2. The molecule has 0 fully saturated rings. The van der Waals surface area contributed by atoms with Crippen molar-refractivity contribution in [3.63, 3.8) is 0 Å². The summed E-state index contributed by atoms with van der Waals surface area (Å²) in [6.45, 7) is 3.12. The fraction of sp³-hybridized carbons (Fsp3) is 0.176. The minimum atomic E-state index is -0.190. The van der Waals surface area contributed by atoms with E-state index >= 15 is 0 Å². The second-order valence-electron chi connectivity index (χ2n) is 5.17. The van der Waals surface area contributed by atoms with Gasteiger partial charge in [-0.25, -0.2) is 4.98 Å². The molecule has 0 aliphatic carbocycles. The van der Waals surface area contributed by atoms with Crippen LogP contribution in [-0.4, -0.2) is 15.5 Å². The Morgan fingerprint density at radius 2 is 2.00 bits per heavy atom. The van der Waals surface area contributed by atoms with Crippen molar-refractivity contribution in [2.45, 2.75) is 20.0 Å². The summed E-state index contributed by atoms with van der Waals surface area (Å²) in [4.78, 5) is 16.0. The van der Waals surface area contributed by atoms with Crippen LogP contribution in [0.1, 0.15) is 27.2 Å². The molecule has 0 saturated heterocycles. The number of hydrogen-bond acceptors (Lipinski definition) is 3. The Hall–Kier alpha value is -2.82. The zero-order valence-electron chi connectivity index (χ0n) is 12.3. The zero-order chi connectivity index (χ0) is 15.4. The Balaban J connectivity index is 1.57. The fourth-order valence-corrected chi connectivity index (χ4v) is 2.22. The van der Waals surface area contributed by atoms with Gasteiger partial charge in [0.05, 0.1) is 12.6 Å². The number of carbonyl (C=O) groups is 1. The summed E-state index contributed by atoms with van der Waals surface area (Å²) in [7, 11) is 0. The van der Waals surface area contributed by atoms with Crippen molar-refractivity contribution in [3.8, 4) is 0 Å². The number of aryl methyl sites for hydroxylation is 1. The van der Waals surface area contributed by atoms with Gasteiger partial charge in [-0.1, -0.05) is 24.3 Å². The van der Waals surface area contributed by atoms with Gasteiger partial charge < -0.3 is 14.3 Å². The Morgan fingerprint density at radius 1 is 1.23 bits per heavy atom. The third-order valence-electron chi connectivity index (χ3n) is 3.47. The molecule has 1 aromatic carbocycles. The normalized spacial score (nSPS) is 10.6. The van der Waals surface area contributed by atoms with Crippen molar-refractivity contribution in [2.75, 3.05) is 0 Å². The molecule has 2 aromatic heterocycles. The van der Waals surface area contributed by atoms with Crippen LogP contribution < -0.4 is 5.32 Å². The number of nitrogens with one attached hydrogen (secondary N) is 1. The number of carbonyl (C=O) groups excluding carboxylic acids is 1. The molecule has 1 N–H and O–H groups in total.